The predicted molar refractivity (Wildman–Crippen MR) is 128 cm³/mol. The molecule has 0 aromatic heterocycles. The summed E-state index contributed by atoms with van der Waals surface area (Å²) in [6.07, 6.45) is 2.87. The van der Waals surface area contributed by atoms with Gasteiger partial charge in [-0.3, -0.25) is 14.4 Å². The van der Waals surface area contributed by atoms with E-state index in [0.29, 0.717) is 29.0 Å². The van der Waals surface area contributed by atoms with Gasteiger partial charge in [0.2, 0.25) is 5.91 Å². The van der Waals surface area contributed by atoms with Gasteiger partial charge < -0.3 is 15.5 Å². The number of carbonyl (C=O) groups excluding carboxylic acids is 3. The molecule has 2 unspecified atom stereocenters. The highest BCUT2D eigenvalue weighted by Gasteiger charge is 2.51. The number of amides is 3. The van der Waals surface area contributed by atoms with Crippen molar-refractivity contribution in [2.75, 3.05) is 0 Å². The SMILES string of the molecule is CC1CCC(C)N1C(=O)c1ccc([C@@H](C)NC(=O)C2(NC(=O)c3cccc(Cl)c3)CC2)c(F)c1. The Bertz CT molecular complexity index is 1120. The molecule has 1 saturated carbocycles. The van der Waals surface area contributed by atoms with Gasteiger partial charge in [0.25, 0.3) is 11.8 Å². The lowest BCUT2D eigenvalue weighted by Gasteiger charge is -2.27. The molecule has 1 aliphatic carbocycles. The number of rotatable bonds is 6. The minimum Gasteiger partial charge on any atom is -0.347 e. The maximum Gasteiger partial charge on any atom is 0.254 e. The van der Waals surface area contributed by atoms with Crippen LogP contribution in [0.3, 0.4) is 0 Å². The number of nitrogens with one attached hydrogen (secondary N) is 2. The summed E-state index contributed by atoms with van der Waals surface area (Å²) in [5, 5.41) is 6.03. The lowest BCUT2D eigenvalue weighted by atomic mass is 10.0. The van der Waals surface area contributed by atoms with Gasteiger partial charge in [0, 0.05) is 33.8 Å². The summed E-state index contributed by atoms with van der Waals surface area (Å²) in [5.41, 5.74) is -0.0630. The number of hydrogen-bond donors (Lipinski definition) is 2. The second-order valence-corrected chi connectivity index (χ2v) is 9.90. The monoisotopic (exact) mass is 485 g/mol. The van der Waals surface area contributed by atoms with E-state index in [1.54, 1.807) is 42.2 Å². The third-order valence-corrected chi connectivity index (χ3v) is 7.11. The van der Waals surface area contributed by atoms with Gasteiger partial charge in [0.15, 0.2) is 0 Å². The van der Waals surface area contributed by atoms with Crippen LogP contribution < -0.4 is 10.6 Å². The van der Waals surface area contributed by atoms with Crippen molar-refractivity contribution in [3.63, 3.8) is 0 Å². The first-order valence-corrected chi connectivity index (χ1v) is 12.0. The Balaban J connectivity index is 1.42. The summed E-state index contributed by atoms with van der Waals surface area (Å²) in [5.74, 6) is -1.48. The van der Waals surface area contributed by atoms with Gasteiger partial charge in [-0.25, -0.2) is 4.39 Å². The van der Waals surface area contributed by atoms with E-state index in [9.17, 15) is 18.8 Å². The van der Waals surface area contributed by atoms with Crippen LogP contribution in [0.25, 0.3) is 0 Å². The van der Waals surface area contributed by atoms with Gasteiger partial charge in [-0.1, -0.05) is 23.7 Å². The molecule has 2 aromatic carbocycles. The van der Waals surface area contributed by atoms with Crippen LogP contribution in [0.1, 0.15) is 78.8 Å². The van der Waals surface area contributed by atoms with Gasteiger partial charge in [-0.15, -0.1) is 0 Å². The number of benzene rings is 2. The van der Waals surface area contributed by atoms with E-state index in [-0.39, 0.29) is 35.4 Å². The summed E-state index contributed by atoms with van der Waals surface area (Å²) in [6.45, 7) is 5.68. The second kappa shape index (κ2) is 9.37. The molecule has 34 heavy (non-hydrogen) atoms. The largest absolute Gasteiger partial charge is 0.347 e. The number of hydrogen-bond acceptors (Lipinski definition) is 3. The highest BCUT2D eigenvalue weighted by Crippen LogP contribution is 2.37. The normalized spacial score (nSPS) is 21.6. The summed E-state index contributed by atoms with van der Waals surface area (Å²) in [6, 6.07) is 10.5. The zero-order chi connectivity index (χ0) is 24.6. The van der Waals surface area contributed by atoms with Crippen LogP contribution in [-0.2, 0) is 4.79 Å². The molecule has 3 atom stereocenters. The van der Waals surface area contributed by atoms with Crippen molar-refractivity contribution in [1.29, 1.82) is 0 Å². The quantitative estimate of drug-likeness (QED) is 0.626. The van der Waals surface area contributed by atoms with E-state index in [1.165, 1.54) is 12.1 Å². The molecule has 2 aliphatic rings. The summed E-state index contributed by atoms with van der Waals surface area (Å²) >= 11 is 5.95. The van der Waals surface area contributed by atoms with Crippen LogP contribution in [0.5, 0.6) is 0 Å². The van der Waals surface area contributed by atoms with E-state index in [0.717, 1.165) is 12.8 Å². The Morgan fingerprint density at radius 1 is 1.06 bits per heavy atom. The first-order valence-electron chi connectivity index (χ1n) is 11.6. The number of halogens is 2. The summed E-state index contributed by atoms with van der Waals surface area (Å²) < 4.78 is 15.0. The van der Waals surface area contributed by atoms with Crippen molar-refractivity contribution in [1.82, 2.24) is 15.5 Å². The number of nitrogens with zero attached hydrogens (tertiary/aromatic N) is 1. The molecule has 0 bridgehead atoms. The van der Waals surface area contributed by atoms with Crippen LogP contribution in [0.15, 0.2) is 42.5 Å². The first kappa shape index (κ1) is 24.2. The smallest absolute Gasteiger partial charge is 0.254 e. The fraction of sp³-hybridized carbons (Fsp3) is 0.423. The fourth-order valence-electron chi connectivity index (χ4n) is 4.62. The van der Waals surface area contributed by atoms with Crippen molar-refractivity contribution in [2.24, 2.45) is 0 Å². The van der Waals surface area contributed by atoms with Gasteiger partial charge >= 0.3 is 0 Å². The second-order valence-electron chi connectivity index (χ2n) is 9.47. The van der Waals surface area contributed by atoms with E-state index < -0.39 is 17.4 Å². The Kier molecular flexibility index (Phi) is 6.67. The van der Waals surface area contributed by atoms with Crippen LogP contribution >= 0.6 is 11.6 Å². The maximum atomic E-state index is 15.0. The van der Waals surface area contributed by atoms with Gasteiger partial charge in [0.05, 0.1) is 6.04 Å². The lowest BCUT2D eigenvalue weighted by molar-refractivity contribution is -0.124. The highest BCUT2D eigenvalue weighted by atomic mass is 35.5. The molecule has 1 saturated heterocycles. The molecule has 2 aromatic rings. The molecule has 180 valence electrons. The van der Waals surface area contributed by atoms with Crippen molar-refractivity contribution in [2.45, 2.75) is 70.1 Å². The fourth-order valence-corrected chi connectivity index (χ4v) is 4.81. The third kappa shape index (κ3) is 4.80. The molecule has 1 heterocycles. The first-order chi connectivity index (χ1) is 16.1. The minimum atomic E-state index is -1.01. The average molecular weight is 486 g/mol. The maximum absolute atomic E-state index is 15.0. The molecule has 3 amide bonds. The molecule has 8 heteroatoms. The van der Waals surface area contributed by atoms with Crippen LogP contribution in [-0.4, -0.2) is 40.2 Å². The van der Waals surface area contributed by atoms with Gasteiger partial charge in [-0.05, 0) is 76.8 Å². The van der Waals surface area contributed by atoms with Gasteiger partial charge in [0.1, 0.15) is 11.4 Å². The number of likely N-dealkylation sites (tertiary alicyclic amines) is 1. The highest BCUT2D eigenvalue weighted by molar-refractivity contribution is 6.31. The van der Waals surface area contributed by atoms with Crippen molar-refractivity contribution in [3.8, 4) is 0 Å². The lowest BCUT2D eigenvalue weighted by Crippen LogP contribution is -2.49. The van der Waals surface area contributed by atoms with Crippen molar-refractivity contribution >= 4 is 29.3 Å². The standard InChI is InChI=1S/C26H29ClFN3O3/c1-15-7-8-16(2)31(15)24(33)19-9-10-21(22(28)14-19)17(3)29-25(34)26(11-12-26)30-23(32)18-5-4-6-20(27)13-18/h4-6,9-10,13-17H,7-8,11-12H2,1-3H3,(H,29,34)(H,30,32)/t15?,16?,17-/m1/s1. The van der Waals surface area contributed by atoms with E-state index in [4.69, 9.17) is 11.6 Å². The predicted octanol–water partition coefficient (Wildman–Crippen LogP) is 4.63. The summed E-state index contributed by atoms with van der Waals surface area (Å²) in [7, 11) is 0. The summed E-state index contributed by atoms with van der Waals surface area (Å²) in [4.78, 5) is 40.2. The van der Waals surface area contributed by atoms with E-state index in [2.05, 4.69) is 10.6 Å². The molecule has 2 N–H and O–H groups in total. The van der Waals surface area contributed by atoms with Gasteiger partial charge in [-0.2, -0.15) is 0 Å². The molecule has 6 nitrogen and oxygen atoms in total. The third-order valence-electron chi connectivity index (χ3n) is 6.87. The molecular weight excluding hydrogens is 457 g/mol. The average Bonchev–Trinajstić information content (AvgIpc) is 3.50. The molecule has 0 spiro atoms. The van der Waals surface area contributed by atoms with E-state index >= 15 is 0 Å². The van der Waals surface area contributed by atoms with Crippen molar-refractivity contribution < 1.29 is 18.8 Å². The Morgan fingerprint density at radius 2 is 1.74 bits per heavy atom. The molecule has 1 aliphatic heterocycles. The van der Waals surface area contributed by atoms with Crippen LogP contribution in [0, 0.1) is 5.82 Å². The Labute approximate surface area is 203 Å². The topological polar surface area (TPSA) is 78.5 Å². The molecule has 4 rings (SSSR count). The zero-order valence-corrected chi connectivity index (χ0v) is 20.3. The Hall–Kier alpha value is -2.93. The molecular formula is C26H29ClFN3O3. The van der Waals surface area contributed by atoms with Crippen molar-refractivity contribution in [3.05, 3.63) is 70.0 Å². The van der Waals surface area contributed by atoms with Crippen LogP contribution in [0.2, 0.25) is 5.02 Å². The zero-order valence-electron chi connectivity index (χ0n) is 19.5. The Morgan fingerprint density at radius 3 is 2.32 bits per heavy atom. The number of carbonyl (C=O) groups is 3. The minimum absolute atomic E-state index is 0.125. The van der Waals surface area contributed by atoms with E-state index in [1.807, 2.05) is 13.8 Å². The van der Waals surface area contributed by atoms with Crippen LogP contribution in [0.4, 0.5) is 4.39 Å². The molecule has 0 radical (unpaired) electrons. The molecule has 2 fully saturated rings.